The minimum Gasteiger partial charge on any atom is -0.296 e. The van der Waals surface area contributed by atoms with Gasteiger partial charge < -0.3 is 0 Å². The first kappa shape index (κ1) is 12.4. The molecular weight excluding hydrogens is 310 g/mol. The van der Waals surface area contributed by atoms with E-state index < -0.39 is 6.43 Å². The molecule has 17 heavy (non-hydrogen) atoms. The summed E-state index contributed by atoms with van der Waals surface area (Å²) in [5.74, 6) is 0. The van der Waals surface area contributed by atoms with Crippen LogP contribution in [0.5, 0.6) is 0 Å². The lowest BCUT2D eigenvalue weighted by Gasteiger charge is -2.05. The second kappa shape index (κ2) is 5.10. The molecule has 1 aromatic carbocycles. The highest BCUT2D eigenvalue weighted by Gasteiger charge is 2.11. The van der Waals surface area contributed by atoms with Crippen molar-refractivity contribution in [3.63, 3.8) is 0 Å². The SMILES string of the molecule is FC(F)c1cc(=S)n(Cc2ccccc2Br)[nH]1. The van der Waals surface area contributed by atoms with Gasteiger partial charge in [0.15, 0.2) is 0 Å². The molecule has 1 aromatic heterocycles. The van der Waals surface area contributed by atoms with Crippen LogP contribution in [0, 0.1) is 4.64 Å². The fourth-order valence-corrected chi connectivity index (χ4v) is 2.13. The number of nitrogens with one attached hydrogen (secondary N) is 1. The van der Waals surface area contributed by atoms with Gasteiger partial charge in [0.2, 0.25) is 0 Å². The van der Waals surface area contributed by atoms with E-state index in [0.29, 0.717) is 11.2 Å². The largest absolute Gasteiger partial charge is 0.296 e. The Balaban J connectivity index is 2.31. The van der Waals surface area contributed by atoms with Crippen LogP contribution >= 0.6 is 28.1 Å². The van der Waals surface area contributed by atoms with Crippen molar-refractivity contribution in [3.05, 3.63) is 50.7 Å². The van der Waals surface area contributed by atoms with Crippen molar-refractivity contribution in [1.29, 1.82) is 0 Å². The summed E-state index contributed by atoms with van der Waals surface area (Å²) < 4.78 is 27.8. The summed E-state index contributed by atoms with van der Waals surface area (Å²) in [7, 11) is 0. The van der Waals surface area contributed by atoms with Crippen molar-refractivity contribution in [2.24, 2.45) is 0 Å². The zero-order valence-electron chi connectivity index (χ0n) is 8.66. The monoisotopic (exact) mass is 318 g/mol. The van der Waals surface area contributed by atoms with Crippen molar-refractivity contribution >= 4 is 28.1 Å². The topological polar surface area (TPSA) is 20.7 Å². The maximum Gasteiger partial charge on any atom is 0.279 e. The number of aromatic nitrogens is 2. The Morgan fingerprint density at radius 2 is 2.06 bits per heavy atom. The molecule has 2 rings (SSSR count). The average Bonchev–Trinajstić information content (AvgIpc) is 2.64. The van der Waals surface area contributed by atoms with Crippen LogP contribution in [0.25, 0.3) is 0 Å². The van der Waals surface area contributed by atoms with Crippen LogP contribution in [0.15, 0.2) is 34.8 Å². The maximum atomic E-state index is 12.5. The molecule has 0 unspecified atom stereocenters. The number of hydrogen-bond acceptors (Lipinski definition) is 1. The highest BCUT2D eigenvalue weighted by molar-refractivity contribution is 9.10. The molecule has 0 aliphatic rings. The number of rotatable bonds is 3. The quantitative estimate of drug-likeness (QED) is 0.837. The van der Waals surface area contributed by atoms with E-state index in [4.69, 9.17) is 12.2 Å². The van der Waals surface area contributed by atoms with Crippen LogP contribution in [-0.4, -0.2) is 9.78 Å². The van der Waals surface area contributed by atoms with Crippen LogP contribution in [0.1, 0.15) is 17.7 Å². The minimum atomic E-state index is -2.53. The second-order valence-electron chi connectivity index (χ2n) is 3.53. The van der Waals surface area contributed by atoms with E-state index in [0.717, 1.165) is 10.0 Å². The standard InChI is InChI=1S/C11H9BrF2N2S/c12-8-4-2-1-3-7(8)6-16-10(17)5-9(15-16)11(13)14/h1-5,11,15H,6H2. The minimum absolute atomic E-state index is 0.151. The molecule has 0 saturated heterocycles. The van der Waals surface area contributed by atoms with Gasteiger partial charge in [0, 0.05) is 10.5 Å². The molecule has 0 bridgehead atoms. The molecular formula is C11H9BrF2N2S. The highest BCUT2D eigenvalue weighted by Crippen LogP contribution is 2.20. The summed E-state index contributed by atoms with van der Waals surface area (Å²) in [5.41, 5.74) is 0.827. The van der Waals surface area contributed by atoms with Gasteiger partial charge in [0.1, 0.15) is 10.3 Å². The van der Waals surface area contributed by atoms with Gasteiger partial charge in [-0.15, -0.1) is 0 Å². The molecule has 90 valence electrons. The van der Waals surface area contributed by atoms with E-state index in [9.17, 15) is 8.78 Å². The lowest BCUT2D eigenvalue weighted by molar-refractivity contribution is 0.145. The zero-order chi connectivity index (χ0) is 12.4. The lowest BCUT2D eigenvalue weighted by Crippen LogP contribution is -2.03. The summed E-state index contributed by atoms with van der Waals surface area (Å²) in [6.45, 7) is 0.437. The maximum absolute atomic E-state index is 12.5. The number of halogens is 3. The lowest BCUT2D eigenvalue weighted by atomic mass is 10.2. The molecule has 0 saturated carbocycles. The molecule has 1 heterocycles. The van der Waals surface area contributed by atoms with Crippen LogP contribution in [0.4, 0.5) is 8.78 Å². The Kier molecular flexibility index (Phi) is 3.73. The Morgan fingerprint density at radius 1 is 1.35 bits per heavy atom. The van der Waals surface area contributed by atoms with Crippen molar-refractivity contribution < 1.29 is 8.78 Å². The number of hydrogen-bond donors (Lipinski definition) is 1. The van der Waals surface area contributed by atoms with Gasteiger partial charge in [0.25, 0.3) is 6.43 Å². The number of nitrogens with zero attached hydrogens (tertiary/aromatic N) is 1. The molecule has 0 radical (unpaired) electrons. The number of benzene rings is 1. The first-order chi connectivity index (χ1) is 8.08. The second-order valence-corrected chi connectivity index (χ2v) is 4.80. The Hall–Kier alpha value is -1.01. The van der Waals surface area contributed by atoms with E-state index in [-0.39, 0.29) is 5.69 Å². The van der Waals surface area contributed by atoms with Crippen LogP contribution in [0.3, 0.4) is 0 Å². The van der Waals surface area contributed by atoms with Crippen LogP contribution < -0.4 is 0 Å². The number of H-pyrrole nitrogens is 1. The molecule has 0 amide bonds. The third-order valence-corrected chi connectivity index (χ3v) is 3.44. The normalized spacial score (nSPS) is 11.1. The molecule has 0 spiro atoms. The summed E-state index contributed by atoms with van der Waals surface area (Å²) in [4.78, 5) is 0. The molecule has 0 aliphatic carbocycles. The van der Waals surface area contributed by atoms with Crippen molar-refractivity contribution in [2.75, 3.05) is 0 Å². The molecule has 0 aliphatic heterocycles. The predicted molar refractivity (Wildman–Crippen MR) is 67.8 cm³/mol. The third kappa shape index (κ3) is 2.81. The van der Waals surface area contributed by atoms with E-state index in [1.165, 1.54) is 10.7 Å². The third-order valence-electron chi connectivity index (χ3n) is 2.33. The van der Waals surface area contributed by atoms with Gasteiger partial charge in [-0.05, 0) is 11.6 Å². The van der Waals surface area contributed by atoms with Gasteiger partial charge in [-0.3, -0.25) is 9.78 Å². The first-order valence-electron chi connectivity index (χ1n) is 4.89. The Morgan fingerprint density at radius 3 is 2.65 bits per heavy atom. The fourth-order valence-electron chi connectivity index (χ4n) is 1.48. The van der Waals surface area contributed by atoms with E-state index >= 15 is 0 Å². The molecule has 2 nitrogen and oxygen atoms in total. The smallest absolute Gasteiger partial charge is 0.279 e. The molecule has 1 N–H and O–H groups in total. The van der Waals surface area contributed by atoms with Crippen molar-refractivity contribution in [2.45, 2.75) is 13.0 Å². The number of alkyl halides is 2. The summed E-state index contributed by atoms with van der Waals surface area (Å²) in [5, 5.41) is 2.60. The van der Waals surface area contributed by atoms with Gasteiger partial charge in [0.05, 0.1) is 6.54 Å². The zero-order valence-corrected chi connectivity index (χ0v) is 11.1. The summed E-state index contributed by atoms with van der Waals surface area (Å²) in [6, 6.07) is 8.88. The average molecular weight is 319 g/mol. The Labute approximate surface area is 110 Å². The molecule has 6 heteroatoms. The van der Waals surface area contributed by atoms with Gasteiger partial charge >= 0.3 is 0 Å². The molecule has 2 aromatic rings. The van der Waals surface area contributed by atoms with Gasteiger partial charge in [-0.1, -0.05) is 46.3 Å². The van der Waals surface area contributed by atoms with Crippen molar-refractivity contribution in [3.8, 4) is 0 Å². The summed E-state index contributed by atoms with van der Waals surface area (Å²) in [6.07, 6.45) is -2.53. The Bertz CT molecular complexity index is 577. The van der Waals surface area contributed by atoms with Crippen LogP contribution in [0.2, 0.25) is 0 Å². The van der Waals surface area contributed by atoms with Crippen LogP contribution in [-0.2, 0) is 6.54 Å². The van der Waals surface area contributed by atoms with Gasteiger partial charge in [-0.25, -0.2) is 8.78 Å². The van der Waals surface area contributed by atoms with E-state index in [1.807, 2.05) is 24.3 Å². The molecule has 0 atom stereocenters. The summed E-state index contributed by atoms with van der Waals surface area (Å²) >= 11 is 8.42. The fraction of sp³-hybridized carbons (Fsp3) is 0.182. The predicted octanol–water partition coefficient (Wildman–Crippen LogP) is 4.29. The van der Waals surface area contributed by atoms with E-state index in [1.54, 1.807) is 0 Å². The highest BCUT2D eigenvalue weighted by atomic mass is 79.9. The van der Waals surface area contributed by atoms with Crippen molar-refractivity contribution in [1.82, 2.24) is 9.78 Å². The number of aromatic amines is 1. The first-order valence-corrected chi connectivity index (χ1v) is 6.09. The van der Waals surface area contributed by atoms with Gasteiger partial charge in [-0.2, -0.15) is 0 Å². The molecule has 0 fully saturated rings. The van der Waals surface area contributed by atoms with E-state index in [2.05, 4.69) is 21.0 Å².